The molecule has 0 aliphatic rings. The average Bonchev–Trinajstić information content (AvgIpc) is 2.39. The van der Waals surface area contributed by atoms with E-state index in [0.717, 1.165) is 0 Å². The second kappa shape index (κ2) is 5.57. The van der Waals surface area contributed by atoms with Crippen LogP contribution in [-0.4, -0.2) is 14.5 Å². The van der Waals surface area contributed by atoms with Crippen LogP contribution in [0.1, 0.15) is 15.9 Å². The highest BCUT2D eigenvalue weighted by molar-refractivity contribution is 7.80. The van der Waals surface area contributed by atoms with E-state index >= 15 is 0 Å². The molecule has 1 N–H and O–H groups in total. The van der Waals surface area contributed by atoms with Crippen molar-refractivity contribution in [3.63, 3.8) is 0 Å². The molecule has 2 aromatic rings. The van der Waals surface area contributed by atoms with Crippen LogP contribution in [0.25, 0.3) is 0 Å². The van der Waals surface area contributed by atoms with E-state index in [2.05, 4.69) is 4.72 Å². The fourth-order valence-corrected chi connectivity index (χ4v) is 1.87. The van der Waals surface area contributed by atoms with Crippen molar-refractivity contribution in [2.75, 3.05) is 4.72 Å². The van der Waals surface area contributed by atoms with Crippen molar-refractivity contribution in [1.29, 1.82) is 0 Å². The molecular weight excluding hydrogens is 250 g/mol. The Kier molecular flexibility index (Phi) is 3.86. The minimum absolute atomic E-state index is 0.0922. The summed E-state index contributed by atoms with van der Waals surface area (Å²) in [4.78, 5) is 12.0. The summed E-state index contributed by atoms with van der Waals surface area (Å²) in [6.07, 6.45) is 0. The fraction of sp³-hybridized carbons (Fsp3) is 0. The van der Waals surface area contributed by atoms with Crippen LogP contribution in [0.15, 0.2) is 54.6 Å². The van der Waals surface area contributed by atoms with Crippen molar-refractivity contribution in [2.24, 2.45) is 0 Å². The molecule has 0 aromatic heterocycles. The Morgan fingerprint density at radius 3 is 2.06 bits per heavy atom. The van der Waals surface area contributed by atoms with E-state index in [-0.39, 0.29) is 5.78 Å². The Bertz CT molecular complexity index is 567. The summed E-state index contributed by atoms with van der Waals surface area (Å²) in [5, 5.41) is 0. The Balaban J connectivity index is 2.20. The third-order valence-corrected chi connectivity index (χ3v) is 2.79. The number of carbonyl (C=O) groups is 1. The molecule has 0 aliphatic carbocycles. The van der Waals surface area contributed by atoms with Gasteiger partial charge in [0.05, 0.1) is 0 Å². The standard InChI is InChI=1S/C13H11NO3S/c15-13(10-4-2-1-3-5-10)11-6-8-12(9-7-11)14-18(16)17/h1-9,14H,(H,16,17)/p-1. The molecule has 2 aromatic carbocycles. The van der Waals surface area contributed by atoms with Gasteiger partial charge in [0.1, 0.15) is 0 Å². The Morgan fingerprint density at radius 2 is 1.50 bits per heavy atom. The van der Waals surface area contributed by atoms with Crippen LogP contribution < -0.4 is 4.72 Å². The first kappa shape index (κ1) is 12.5. The molecule has 0 saturated heterocycles. The lowest BCUT2D eigenvalue weighted by Gasteiger charge is -2.08. The van der Waals surface area contributed by atoms with Gasteiger partial charge < -0.3 is 9.27 Å². The van der Waals surface area contributed by atoms with Crippen molar-refractivity contribution in [2.45, 2.75) is 0 Å². The normalized spacial score (nSPS) is 11.8. The lowest BCUT2D eigenvalue weighted by Crippen LogP contribution is -2.04. The van der Waals surface area contributed by atoms with Gasteiger partial charge in [-0.2, -0.15) is 0 Å². The van der Waals surface area contributed by atoms with Crippen LogP contribution in [-0.2, 0) is 11.3 Å². The molecule has 5 heteroatoms. The van der Waals surface area contributed by atoms with Crippen LogP contribution in [0, 0.1) is 0 Å². The molecule has 0 radical (unpaired) electrons. The summed E-state index contributed by atoms with van der Waals surface area (Å²) in [7, 11) is 0. The summed E-state index contributed by atoms with van der Waals surface area (Å²) in [6.45, 7) is 0. The first-order chi connectivity index (χ1) is 8.66. The molecule has 2 rings (SSSR count). The molecule has 0 aliphatic heterocycles. The first-order valence-electron chi connectivity index (χ1n) is 5.22. The monoisotopic (exact) mass is 260 g/mol. The Hall–Kier alpha value is -1.98. The van der Waals surface area contributed by atoms with Gasteiger partial charge in [0.25, 0.3) is 0 Å². The van der Waals surface area contributed by atoms with Crippen molar-refractivity contribution in [3.8, 4) is 0 Å². The number of rotatable bonds is 4. The van der Waals surface area contributed by atoms with Crippen molar-refractivity contribution < 1.29 is 13.6 Å². The number of hydrogen-bond donors (Lipinski definition) is 1. The molecule has 92 valence electrons. The maximum atomic E-state index is 12.0. The molecule has 0 amide bonds. The molecule has 18 heavy (non-hydrogen) atoms. The van der Waals surface area contributed by atoms with Crippen LogP contribution in [0.3, 0.4) is 0 Å². The third kappa shape index (κ3) is 3.03. The number of carbonyl (C=O) groups excluding carboxylic acids is 1. The maximum Gasteiger partial charge on any atom is 0.193 e. The molecule has 0 fully saturated rings. The second-order valence-corrected chi connectivity index (χ2v) is 4.28. The Morgan fingerprint density at radius 1 is 0.944 bits per heavy atom. The van der Waals surface area contributed by atoms with E-state index in [1.807, 2.05) is 6.07 Å². The number of anilines is 1. The van der Waals surface area contributed by atoms with Gasteiger partial charge in [-0.1, -0.05) is 30.3 Å². The SMILES string of the molecule is O=C(c1ccccc1)c1ccc(NS(=O)[O-])cc1. The summed E-state index contributed by atoms with van der Waals surface area (Å²) >= 11 is -2.35. The van der Waals surface area contributed by atoms with Crippen molar-refractivity contribution in [3.05, 3.63) is 65.7 Å². The highest BCUT2D eigenvalue weighted by atomic mass is 32.2. The van der Waals surface area contributed by atoms with E-state index in [1.54, 1.807) is 48.5 Å². The van der Waals surface area contributed by atoms with Gasteiger partial charge in [-0.05, 0) is 24.3 Å². The molecule has 0 heterocycles. The van der Waals surface area contributed by atoms with Gasteiger partial charge >= 0.3 is 0 Å². The van der Waals surface area contributed by atoms with E-state index in [1.165, 1.54) is 0 Å². The highest BCUT2D eigenvalue weighted by Gasteiger charge is 2.07. The number of nitrogens with one attached hydrogen (secondary N) is 1. The van der Waals surface area contributed by atoms with E-state index in [9.17, 15) is 13.6 Å². The number of hydrogen-bond acceptors (Lipinski definition) is 3. The number of ketones is 1. The van der Waals surface area contributed by atoms with Gasteiger partial charge in [0.15, 0.2) is 5.78 Å². The zero-order valence-corrected chi connectivity index (χ0v) is 10.1. The lowest BCUT2D eigenvalue weighted by atomic mass is 10.0. The fourth-order valence-electron chi connectivity index (χ4n) is 1.54. The van der Waals surface area contributed by atoms with Crippen LogP contribution >= 0.6 is 0 Å². The van der Waals surface area contributed by atoms with Gasteiger partial charge in [-0.25, -0.2) is 0 Å². The van der Waals surface area contributed by atoms with Crippen LogP contribution in [0.5, 0.6) is 0 Å². The van der Waals surface area contributed by atoms with E-state index in [0.29, 0.717) is 16.8 Å². The second-order valence-electron chi connectivity index (χ2n) is 3.61. The van der Waals surface area contributed by atoms with Crippen LogP contribution in [0.4, 0.5) is 5.69 Å². The smallest absolute Gasteiger partial charge is 0.193 e. The summed E-state index contributed by atoms with van der Waals surface area (Å²) in [6, 6.07) is 15.2. The van der Waals surface area contributed by atoms with Gasteiger partial charge in [0, 0.05) is 28.1 Å². The predicted octanol–water partition coefficient (Wildman–Crippen LogP) is 2.12. The summed E-state index contributed by atoms with van der Waals surface area (Å²) in [5.74, 6) is -0.0922. The average molecular weight is 260 g/mol. The summed E-state index contributed by atoms with van der Waals surface area (Å²) in [5.41, 5.74) is 1.54. The van der Waals surface area contributed by atoms with Gasteiger partial charge in [0.2, 0.25) is 0 Å². The largest absolute Gasteiger partial charge is 0.755 e. The summed E-state index contributed by atoms with van der Waals surface area (Å²) < 4.78 is 23.1. The molecule has 1 unspecified atom stereocenters. The molecule has 0 bridgehead atoms. The molecule has 1 atom stereocenters. The third-order valence-electron chi connectivity index (χ3n) is 2.38. The zero-order chi connectivity index (χ0) is 13.0. The predicted molar refractivity (Wildman–Crippen MR) is 68.9 cm³/mol. The maximum absolute atomic E-state index is 12.0. The highest BCUT2D eigenvalue weighted by Crippen LogP contribution is 2.13. The quantitative estimate of drug-likeness (QED) is 0.676. The van der Waals surface area contributed by atoms with Crippen molar-refractivity contribution >= 4 is 22.7 Å². The van der Waals surface area contributed by atoms with E-state index in [4.69, 9.17) is 0 Å². The van der Waals surface area contributed by atoms with Gasteiger partial charge in [-0.3, -0.25) is 9.00 Å². The lowest BCUT2D eigenvalue weighted by molar-refractivity contribution is 0.103. The first-order valence-corrected chi connectivity index (χ1v) is 6.30. The number of benzene rings is 2. The Labute approximate surface area is 107 Å². The minimum Gasteiger partial charge on any atom is -0.755 e. The van der Waals surface area contributed by atoms with Crippen molar-refractivity contribution in [1.82, 2.24) is 0 Å². The zero-order valence-electron chi connectivity index (χ0n) is 9.33. The van der Waals surface area contributed by atoms with Gasteiger partial charge in [-0.15, -0.1) is 0 Å². The molecule has 4 nitrogen and oxygen atoms in total. The minimum atomic E-state index is -2.35. The van der Waals surface area contributed by atoms with E-state index < -0.39 is 11.3 Å². The molecular formula is C13H10NO3S-. The van der Waals surface area contributed by atoms with Crippen LogP contribution in [0.2, 0.25) is 0 Å². The molecule has 0 saturated carbocycles. The topological polar surface area (TPSA) is 69.2 Å². The molecule has 0 spiro atoms.